The smallest absolute Gasteiger partial charge is 0.257 e. The van der Waals surface area contributed by atoms with Crippen molar-refractivity contribution < 1.29 is 4.79 Å². The van der Waals surface area contributed by atoms with Gasteiger partial charge in [-0.3, -0.25) is 4.79 Å². The fourth-order valence-corrected chi connectivity index (χ4v) is 2.01. The lowest BCUT2D eigenvalue weighted by Gasteiger charge is -2.20. The molecule has 1 aromatic carbocycles. The second kappa shape index (κ2) is 6.13. The molecular weight excluding hydrogens is 276 g/mol. The second-order valence-electron chi connectivity index (χ2n) is 6.25. The first-order valence-electron chi connectivity index (χ1n) is 7.34. The van der Waals surface area contributed by atoms with Crippen LogP contribution in [0.5, 0.6) is 0 Å². The zero-order chi connectivity index (χ0) is 16.3. The molecule has 0 aliphatic carbocycles. The number of nitrogens with zero attached hydrogens (tertiary/aromatic N) is 2. The van der Waals surface area contributed by atoms with Gasteiger partial charge in [-0.1, -0.05) is 31.2 Å². The third-order valence-corrected chi connectivity index (χ3v) is 3.17. The maximum Gasteiger partial charge on any atom is 0.257 e. The third kappa shape index (κ3) is 3.81. The van der Waals surface area contributed by atoms with Gasteiger partial charge in [-0.15, -0.1) is 0 Å². The Morgan fingerprint density at radius 1 is 1.23 bits per heavy atom. The molecule has 0 fully saturated rings. The summed E-state index contributed by atoms with van der Waals surface area (Å²) < 4.78 is 0. The van der Waals surface area contributed by atoms with Crippen molar-refractivity contribution in [2.75, 3.05) is 5.73 Å². The Morgan fingerprint density at radius 2 is 1.86 bits per heavy atom. The number of nitrogens with two attached hydrogens (primary N) is 1. The number of hydrogen-bond acceptors (Lipinski definition) is 4. The predicted molar refractivity (Wildman–Crippen MR) is 88.5 cm³/mol. The quantitative estimate of drug-likeness (QED) is 0.913. The Kier molecular flexibility index (Phi) is 4.45. The van der Waals surface area contributed by atoms with Gasteiger partial charge < -0.3 is 11.1 Å². The van der Waals surface area contributed by atoms with E-state index in [2.05, 4.69) is 22.2 Å². The lowest BCUT2D eigenvalue weighted by molar-refractivity contribution is 0.0920. The van der Waals surface area contributed by atoms with Crippen molar-refractivity contribution >= 4 is 11.7 Å². The number of amides is 1. The number of benzene rings is 1. The van der Waals surface area contributed by atoms with Gasteiger partial charge in [0.1, 0.15) is 5.82 Å². The lowest BCUT2D eigenvalue weighted by atomic mass is 10.1. The van der Waals surface area contributed by atoms with Crippen LogP contribution in [-0.2, 0) is 6.42 Å². The number of aryl methyl sites for hydroxylation is 1. The van der Waals surface area contributed by atoms with Crippen LogP contribution in [0.1, 0.15) is 43.6 Å². The van der Waals surface area contributed by atoms with E-state index >= 15 is 0 Å². The first-order chi connectivity index (χ1) is 10.3. The molecule has 5 heteroatoms. The minimum absolute atomic E-state index is 0.186. The first kappa shape index (κ1) is 15.9. The van der Waals surface area contributed by atoms with Crippen molar-refractivity contribution in [3.8, 4) is 11.4 Å². The van der Waals surface area contributed by atoms with Crippen molar-refractivity contribution in [3.63, 3.8) is 0 Å². The summed E-state index contributed by atoms with van der Waals surface area (Å²) in [6.45, 7) is 7.83. The average Bonchev–Trinajstić information content (AvgIpc) is 2.45. The van der Waals surface area contributed by atoms with Crippen LogP contribution in [-0.4, -0.2) is 21.4 Å². The largest absolute Gasteiger partial charge is 0.383 e. The molecule has 1 aromatic heterocycles. The minimum atomic E-state index is -0.335. The van der Waals surface area contributed by atoms with Crippen molar-refractivity contribution in [2.45, 2.75) is 39.7 Å². The van der Waals surface area contributed by atoms with E-state index in [0.717, 1.165) is 12.0 Å². The highest BCUT2D eigenvalue weighted by molar-refractivity contribution is 5.98. The van der Waals surface area contributed by atoms with Gasteiger partial charge in [0, 0.05) is 17.3 Å². The molecule has 1 amide bonds. The Hall–Kier alpha value is -2.43. The highest BCUT2D eigenvalue weighted by atomic mass is 16.1. The van der Waals surface area contributed by atoms with Crippen molar-refractivity contribution in [3.05, 3.63) is 41.6 Å². The molecule has 0 radical (unpaired) electrons. The molecule has 116 valence electrons. The molecule has 5 nitrogen and oxygen atoms in total. The Balaban J connectivity index is 2.27. The summed E-state index contributed by atoms with van der Waals surface area (Å²) in [7, 11) is 0. The number of rotatable bonds is 3. The van der Waals surface area contributed by atoms with Crippen molar-refractivity contribution in [1.82, 2.24) is 15.3 Å². The number of hydrogen-bond donors (Lipinski definition) is 2. The number of carbonyl (C=O) groups excluding carboxylic acids is 1. The van der Waals surface area contributed by atoms with Crippen LogP contribution in [0.15, 0.2) is 30.5 Å². The molecule has 2 rings (SSSR count). The first-order valence-corrected chi connectivity index (χ1v) is 7.34. The molecular formula is C17H22N4O. The van der Waals surface area contributed by atoms with Gasteiger partial charge >= 0.3 is 0 Å². The molecule has 3 N–H and O–H groups in total. The van der Waals surface area contributed by atoms with E-state index in [0.29, 0.717) is 11.4 Å². The lowest BCUT2D eigenvalue weighted by Crippen LogP contribution is -2.41. The summed E-state index contributed by atoms with van der Waals surface area (Å²) in [6, 6.07) is 8.00. The molecule has 0 saturated carbocycles. The van der Waals surface area contributed by atoms with Crippen LogP contribution in [0.25, 0.3) is 11.4 Å². The summed E-state index contributed by atoms with van der Waals surface area (Å²) in [5.41, 5.74) is 8.01. The Bertz CT molecular complexity index is 672. The zero-order valence-corrected chi connectivity index (χ0v) is 13.5. The fraction of sp³-hybridized carbons (Fsp3) is 0.353. The van der Waals surface area contributed by atoms with Crippen LogP contribution < -0.4 is 11.1 Å². The molecule has 22 heavy (non-hydrogen) atoms. The third-order valence-electron chi connectivity index (χ3n) is 3.17. The van der Waals surface area contributed by atoms with E-state index in [1.165, 1.54) is 11.8 Å². The van der Waals surface area contributed by atoms with Gasteiger partial charge in [-0.25, -0.2) is 9.97 Å². The summed E-state index contributed by atoms with van der Waals surface area (Å²) in [4.78, 5) is 20.7. The summed E-state index contributed by atoms with van der Waals surface area (Å²) in [5.74, 6) is 0.441. The summed E-state index contributed by atoms with van der Waals surface area (Å²) in [5, 5.41) is 2.85. The van der Waals surface area contributed by atoms with E-state index in [4.69, 9.17) is 5.73 Å². The summed E-state index contributed by atoms with van der Waals surface area (Å²) >= 11 is 0. The van der Waals surface area contributed by atoms with Crippen LogP contribution in [0.3, 0.4) is 0 Å². The standard InChI is InChI=1S/C17H22N4O/c1-5-11-6-8-12(9-7-11)15-19-10-13(14(18)20-15)16(22)21-17(2,3)4/h6-10H,5H2,1-4H3,(H,21,22)(H2,18,19,20). The molecule has 0 aliphatic heterocycles. The second-order valence-corrected chi connectivity index (χ2v) is 6.25. The highest BCUT2D eigenvalue weighted by Gasteiger charge is 2.18. The minimum Gasteiger partial charge on any atom is -0.383 e. The number of aromatic nitrogens is 2. The maximum atomic E-state index is 12.1. The van der Waals surface area contributed by atoms with Gasteiger partial charge in [0.05, 0.1) is 5.56 Å². The van der Waals surface area contributed by atoms with Gasteiger partial charge in [0.15, 0.2) is 5.82 Å². The topological polar surface area (TPSA) is 80.9 Å². The van der Waals surface area contributed by atoms with E-state index in [-0.39, 0.29) is 17.3 Å². The molecule has 1 heterocycles. The Labute approximate surface area is 131 Å². The normalized spacial score (nSPS) is 11.3. The monoisotopic (exact) mass is 298 g/mol. The van der Waals surface area contributed by atoms with Crippen molar-refractivity contribution in [1.29, 1.82) is 0 Å². The fourth-order valence-electron chi connectivity index (χ4n) is 2.01. The zero-order valence-electron chi connectivity index (χ0n) is 13.5. The number of carbonyl (C=O) groups is 1. The van der Waals surface area contributed by atoms with E-state index in [1.807, 2.05) is 45.0 Å². The molecule has 0 saturated heterocycles. The number of nitrogen functional groups attached to an aromatic ring is 1. The molecule has 0 aliphatic rings. The molecule has 0 spiro atoms. The maximum absolute atomic E-state index is 12.1. The van der Waals surface area contributed by atoms with E-state index in [1.54, 1.807) is 0 Å². The average molecular weight is 298 g/mol. The van der Waals surface area contributed by atoms with Gasteiger partial charge in [0.25, 0.3) is 5.91 Å². The molecule has 0 bridgehead atoms. The molecule has 2 aromatic rings. The van der Waals surface area contributed by atoms with Crippen LogP contribution in [0.4, 0.5) is 5.82 Å². The van der Waals surface area contributed by atoms with Gasteiger partial charge in [-0.05, 0) is 32.8 Å². The summed E-state index contributed by atoms with van der Waals surface area (Å²) in [6.07, 6.45) is 2.46. The van der Waals surface area contributed by atoms with Crippen LogP contribution in [0.2, 0.25) is 0 Å². The Morgan fingerprint density at radius 3 is 2.36 bits per heavy atom. The van der Waals surface area contributed by atoms with E-state index in [9.17, 15) is 4.79 Å². The molecule has 0 unspecified atom stereocenters. The number of anilines is 1. The van der Waals surface area contributed by atoms with E-state index < -0.39 is 0 Å². The predicted octanol–water partition coefficient (Wildman–Crippen LogP) is 2.82. The SMILES string of the molecule is CCc1ccc(-c2ncc(C(=O)NC(C)(C)C)c(N)n2)cc1. The van der Waals surface area contributed by atoms with Crippen LogP contribution >= 0.6 is 0 Å². The highest BCUT2D eigenvalue weighted by Crippen LogP contribution is 2.19. The molecule has 0 atom stereocenters. The van der Waals surface area contributed by atoms with Crippen molar-refractivity contribution in [2.24, 2.45) is 0 Å². The number of nitrogens with one attached hydrogen (secondary N) is 1. The van der Waals surface area contributed by atoms with Crippen LogP contribution in [0, 0.1) is 0 Å². The van der Waals surface area contributed by atoms with Gasteiger partial charge in [-0.2, -0.15) is 0 Å². The van der Waals surface area contributed by atoms with Gasteiger partial charge in [0.2, 0.25) is 0 Å².